The molecule has 4 aromatic rings. The van der Waals surface area contributed by atoms with Gasteiger partial charge in [0.05, 0.1) is 5.76 Å². The summed E-state index contributed by atoms with van der Waals surface area (Å²) in [6, 6.07) is 32.8. The summed E-state index contributed by atoms with van der Waals surface area (Å²) < 4.78 is 12.1. The van der Waals surface area contributed by atoms with Crippen molar-refractivity contribution in [2.24, 2.45) is 0 Å². The summed E-state index contributed by atoms with van der Waals surface area (Å²) in [7, 11) is 0. The second kappa shape index (κ2) is 11.5. The first-order chi connectivity index (χ1) is 17.8. The van der Waals surface area contributed by atoms with Crippen LogP contribution >= 0.6 is 0 Å². The zero-order valence-electron chi connectivity index (χ0n) is 21.3. The highest BCUT2D eigenvalue weighted by Gasteiger charge is 2.19. The molecule has 0 aliphatic rings. The quantitative estimate of drug-likeness (QED) is 0.169. The molecular weight excluding hydrogens is 460 g/mol. The van der Waals surface area contributed by atoms with Crippen molar-refractivity contribution in [3.05, 3.63) is 143 Å². The van der Waals surface area contributed by atoms with Gasteiger partial charge in [-0.2, -0.15) is 0 Å². The molecule has 0 atom stereocenters. The third kappa shape index (κ3) is 7.05. The van der Waals surface area contributed by atoms with E-state index in [0.29, 0.717) is 40.2 Å². The molecule has 0 saturated carbocycles. The Kier molecular flexibility index (Phi) is 7.99. The van der Waals surface area contributed by atoms with E-state index in [0.717, 1.165) is 5.76 Å². The number of allylic oxidation sites excluding steroid dienone is 1. The average molecular weight is 491 g/mol. The van der Waals surface area contributed by atoms with E-state index >= 15 is 0 Å². The van der Waals surface area contributed by atoms with Crippen LogP contribution in [0, 0.1) is 0 Å². The molecule has 0 amide bonds. The molecule has 4 aromatic carbocycles. The molecule has 37 heavy (non-hydrogen) atoms. The zero-order valence-corrected chi connectivity index (χ0v) is 21.3. The van der Waals surface area contributed by atoms with Gasteiger partial charge in [0.2, 0.25) is 0 Å². The first-order valence-electron chi connectivity index (χ1n) is 12.2. The highest BCUT2D eigenvalue weighted by Crippen LogP contribution is 2.24. The van der Waals surface area contributed by atoms with E-state index in [1.807, 2.05) is 99.6 Å². The second-order valence-corrected chi connectivity index (χ2v) is 9.42. The van der Waals surface area contributed by atoms with Crippen molar-refractivity contribution in [3.8, 4) is 11.5 Å². The van der Waals surface area contributed by atoms with Gasteiger partial charge >= 0.3 is 0 Å². The summed E-state index contributed by atoms with van der Waals surface area (Å²) in [4.78, 5) is 25.2. The predicted molar refractivity (Wildman–Crippen MR) is 146 cm³/mol. The van der Waals surface area contributed by atoms with E-state index in [4.69, 9.17) is 9.47 Å². The molecule has 0 unspecified atom stereocenters. The van der Waals surface area contributed by atoms with E-state index in [-0.39, 0.29) is 11.6 Å². The number of rotatable bonds is 10. The molecule has 0 fully saturated rings. The molecule has 0 spiro atoms. The summed E-state index contributed by atoms with van der Waals surface area (Å²) in [5.41, 5.74) is 2.08. The Balaban J connectivity index is 1.32. The van der Waals surface area contributed by atoms with Crippen LogP contribution in [-0.4, -0.2) is 17.2 Å². The van der Waals surface area contributed by atoms with E-state index in [1.165, 1.54) is 0 Å². The minimum atomic E-state index is -0.485. The average Bonchev–Trinajstić information content (AvgIpc) is 2.93. The van der Waals surface area contributed by atoms with Gasteiger partial charge in [0.15, 0.2) is 11.6 Å². The summed E-state index contributed by atoms with van der Waals surface area (Å²) in [6.07, 6.45) is 2.60. The summed E-state index contributed by atoms with van der Waals surface area (Å²) in [6.45, 7) is 5.90. The lowest BCUT2D eigenvalue weighted by Gasteiger charge is -2.25. The zero-order chi connectivity index (χ0) is 26.3. The Morgan fingerprint density at radius 3 is 1.49 bits per heavy atom. The van der Waals surface area contributed by atoms with Crippen molar-refractivity contribution in [3.63, 3.8) is 0 Å². The van der Waals surface area contributed by atoms with Crippen LogP contribution in [0.3, 0.4) is 0 Å². The molecule has 0 aliphatic heterocycles. The van der Waals surface area contributed by atoms with Crippen molar-refractivity contribution in [2.75, 3.05) is 0 Å². The molecule has 186 valence electrons. The number of ether oxygens (including phenoxy) is 2. The fourth-order valence-corrected chi connectivity index (χ4v) is 3.84. The summed E-state index contributed by atoms with van der Waals surface area (Å²) in [5, 5.41) is 0. The van der Waals surface area contributed by atoms with Gasteiger partial charge in [-0.1, -0.05) is 60.7 Å². The van der Waals surface area contributed by atoms with Gasteiger partial charge in [-0.05, 0) is 75.4 Å². The van der Waals surface area contributed by atoms with E-state index in [9.17, 15) is 9.59 Å². The van der Waals surface area contributed by atoms with Crippen LogP contribution in [0.2, 0.25) is 0 Å². The molecule has 4 rings (SSSR count). The molecule has 4 heteroatoms. The minimum absolute atomic E-state index is 0.0143. The number of hydrogen-bond acceptors (Lipinski definition) is 4. The van der Waals surface area contributed by atoms with Gasteiger partial charge in [-0.3, -0.25) is 9.59 Å². The normalized spacial score (nSPS) is 11.6. The third-order valence-corrected chi connectivity index (χ3v) is 5.86. The van der Waals surface area contributed by atoms with Gasteiger partial charge in [0.1, 0.15) is 17.1 Å². The third-order valence-electron chi connectivity index (χ3n) is 5.86. The topological polar surface area (TPSA) is 52.6 Å². The molecule has 0 radical (unpaired) electrons. The lowest BCUT2D eigenvalue weighted by molar-refractivity contribution is 0.103. The Hall–Kier alpha value is -4.44. The van der Waals surface area contributed by atoms with Gasteiger partial charge in [-0.15, -0.1) is 0 Å². The highest BCUT2D eigenvalue weighted by molar-refractivity contribution is 6.09. The molecule has 0 aromatic heterocycles. The van der Waals surface area contributed by atoms with Crippen molar-refractivity contribution in [1.82, 2.24) is 0 Å². The Morgan fingerprint density at radius 2 is 1.03 bits per heavy atom. The van der Waals surface area contributed by atoms with Crippen LogP contribution in [0.1, 0.15) is 59.0 Å². The van der Waals surface area contributed by atoms with Crippen LogP contribution < -0.4 is 9.47 Å². The van der Waals surface area contributed by atoms with Crippen LogP contribution in [0.25, 0.3) is 0 Å². The molecule has 0 saturated heterocycles. The number of hydrogen-bond donors (Lipinski definition) is 0. The second-order valence-electron chi connectivity index (χ2n) is 9.42. The highest BCUT2D eigenvalue weighted by atomic mass is 16.5. The van der Waals surface area contributed by atoms with E-state index < -0.39 is 5.60 Å². The van der Waals surface area contributed by atoms with Crippen molar-refractivity contribution < 1.29 is 19.1 Å². The van der Waals surface area contributed by atoms with Gasteiger partial charge < -0.3 is 9.47 Å². The van der Waals surface area contributed by atoms with E-state index in [1.54, 1.807) is 36.4 Å². The summed E-state index contributed by atoms with van der Waals surface area (Å²) in [5.74, 6) is 2.06. The molecule has 4 nitrogen and oxygen atoms in total. The van der Waals surface area contributed by atoms with Gasteiger partial charge in [-0.25, -0.2) is 0 Å². The van der Waals surface area contributed by atoms with Crippen molar-refractivity contribution >= 4 is 11.6 Å². The molecule has 0 heterocycles. The lowest BCUT2D eigenvalue weighted by atomic mass is 10.0. The first kappa shape index (κ1) is 25.6. The SMILES string of the molecule is C/C(=C/CC(C)(C)Oc1ccc(C(=O)c2ccccc2)cc1)Oc1ccc(C(=O)c2ccccc2)cc1. The van der Waals surface area contributed by atoms with Crippen LogP contribution in [0.15, 0.2) is 121 Å². The maximum atomic E-state index is 12.6. The number of carbonyl (C=O) groups is 2. The number of carbonyl (C=O) groups excluding carboxylic acids is 2. The fraction of sp³-hybridized carbons (Fsp3) is 0.152. The molecular formula is C33H30O4. The minimum Gasteiger partial charge on any atom is -0.488 e. The standard InChI is InChI=1S/C33H30O4/c1-24(36-29-18-14-27(15-19-29)31(34)25-10-6-4-7-11-25)22-23-33(2,3)37-30-20-16-28(17-21-30)32(35)26-12-8-5-9-13-26/h4-22H,23H2,1-3H3/b24-22-. The van der Waals surface area contributed by atoms with Crippen LogP contribution in [0.5, 0.6) is 11.5 Å². The molecule has 0 bridgehead atoms. The number of benzene rings is 4. The fourth-order valence-electron chi connectivity index (χ4n) is 3.84. The largest absolute Gasteiger partial charge is 0.488 e. The van der Waals surface area contributed by atoms with Crippen molar-refractivity contribution in [2.45, 2.75) is 32.8 Å². The monoisotopic (exact) mass is 490 g/mol. The smallest absolute Gasteiger partial charge is 0.193 e. The summed E-state index contributed by atoms with van der Waals surface area (Å²) >= 11 is 0. The maximum Gasteiger partial charge on any atom is 0.193 e. The Morgan fingerprint density at radius 1 is 0.622 bits per heavy atom. The van der Waals surface area contributed by atoms with Crippen LogP contribution in [-0.2, 0) is 0 Å². The van der Waals surface area contributed by atoms with Crippen molar-refractivity contribution in [1.29, 1.82) is 0 Å². The Labute approximate surface area is 218 Å². The molecule has 0 aliphatic carbocycles. The van der Waals surface area contributed by atoms with Gasteiger partial charge in [0.25, 0.3) is 0 Å². The van der Waals surface area contributed by atoms with Crippen LogP contribution in [0.4, 0.5) is 0 Å². The predicted octanol–water partition coefficient (Wildman–Crippen LogP) is 7.68. The lowest BCUT2D eigenvalue weighted by Crippen LogP contribution is -2.27. The maximum absolute atomic E-state index is 12.6. The van der Waals surface area contributed by atoms with E-state index in [2.05, 4.69) is 0 Å². The first-order valence-corrected chi connectivity index (χ1v) is 12.2. The number of ketones is 2. The molecule has 0 N–H and O–H groups in total. The van der Waals surface area contributed by atoms with Gasteiger partial charge in [0, 0.05) is 28.7 Å². The Bertz CT molecular complexity index is 1370.